The maximum atomic E-state index is 5.82. The average Bonchev–Trinajstić information content (AvgIpc) is 2.39. The molecule has 0 aliphatic rings. The molecule has 0 bridgehead atoms. The van der Waals surface area contributed by atoms with Crippen LogP contribution in [-0.4, -0.2) is 25.4 Å². The molecule has 1 aromatic carbocycles. The highest BCUT2D eigenvalue weighted by Gasteiger charge is 2.16. The zero-order chi connectivity index (χ0) is 15.2. The fourth-order valence-electron chi connectivity index (χ4n) is 1.61. The first-order valence-electron chi connectivity index (χ1n) is 7.04. The van der Waals surface area contributed by atoms with Crippen LogP contribution in [0.4, 0.5) is 0 Å². The quantitative estimate of drug-likeness (QED) is 0.769. The first kappa shape index (κ1) is 17.5. The Morgan fingerprint density at radius 2 is 2.00 bits per heavy atom. The van der Waals surface area contributed by atoms with Crippen LogP contribution in [-0.2, 0) is 11.3 Å². The molecule has 0 unspecified atom stereocenters. The maximum Gasteiger partial charge on any atom is 0.119 e. The Morgan fingerprint density at radius 1 is 1.30 bits per heavy atom. The zero-order valence-corrected chi connectivity index (χ0v) is 14.7. The molecule has 0 radical (unpaired) electrons. The summed E-state index contributed by atoms with van der Waals surface area (Å²) in [5.41, 5.74) is 1.07. The largest absolute Gasteiger partial charge is 0.493 e. The summed E-state index contributed by atoms with van der Waals surface area (Å²) in [5, 5.41) is 3.41. The number of benzene rings is 1. The first-order valence-corrected chi connectivity index (χ1v) is 7.83. The summed E-state index contributed by atoms with van der Waals surface area (Å²) >= 11 is 3.58. The topological polar surface area (TPSA) is 30.5 Å². The predicted molar refractivity (Wildman–Crippen MR) is 87.3 cm³/mol. The zero-order valence-electron chi connectivity index (χ0n) is 13.1. The fraction of sp³-hybridized carbons (Fsp3) is 0.625. The van der Waals surface area contributed by atoms with Gasteiger partial charge in [-0.25, -0.2) is 0 Å². The average molecular weight is 344 g/mol. The highest BCUT2D eigenvalue weighted by molar-refractivity contribution is 9.10. The lowest BCUT2D eigenvalue weighted by atomic mass is 10.1. The van der Waals surface area contributed by atoms with E-state index in [0.717, 1.165) is 23.2 Å². The van der Waals surface area contributed by atoms with E-state index >= 15 is 0 Å². The van der Waals surface area contributed by atoms with Gasteiger partial charge in [-0.15, -0.1) is 0 Å². The second-order valence-corrected chi connectivity index (χ2v) is 6.71. The maximum absolute atomic E-state index is 5.82. The van der Waals surface area contributed by atoms with Gasteiger partial charge in [-0.2, -0.15) is 0 Å². The molecule has 20 heavy (non-hydrogen) atoms. The molecule has 0 aliphatic heterocycles. The van der Waals surface area contributed by atoms with Crippen molar-refractivity contribution in [2.24, 2.45) is 0 Å². The fourth-order valence-corrected chi connectivity index (χ4v) is 1.99. The van der Waals surface area contributed by atoms with E-state index in [2.05, 4.69) is 55.0 Å². The molecule has 0 spiro atoms. The van der Waals surface area contributed by atoms with Gasteiger partial charge in [-0.05, 0) is 37.6 Å². The first-order chi connectivity index (χ1) is 9.34. The summed E-state index contributed by atoms with van der Waals surface area (Å²) in [6.07, 6.45) is 0.860. The Morgan fingerprint density at radius 3 is 2.60 bits per heavy atom. The highest BCUT2D eigenvalue weighted by Crippen LogP contribution is 2.23. The SMILES string of the molecule is COC(C)(C)CCOc1ccc(Br)c(CNC(C)C)c1. The molecule has 0 fully saturated rings. The third-order valence-electron chi connectivity index (χ3n) is 3.24. The van der Waals surface area contributed by atoms with Crippen LogP contribution in [0, 0.1) is 0 Å². The number of ether oxygens (including phenoxy) is 2. The lowest BCUT2D eigenvalue weighted by molar-refractivity contribution is 0.00545. The van der Waals surface area contributed by atoms with E-state index in [0.29, 0.717) is 12.6 Å². The summed E-state index contributed by atoms with van der Waals surface area (Å²) < 4.78 is 12.3. The van der Waals surface area contributed by atoms with Gasteiger partial charge in [0.25, 0.3) is 0 Å². The van der Waals surface area contributed by atoms with E-state index in [4.69, 9.17) is 9.47 Å². The van der Waals surface area contributed by atoms with Crippen LogP contribution in [0.1, 0.15) is 39.7 Å². The molecule has 0 aromatic heterocycles. The summed E-state index contributed by atoms with van der Waals surface area (Å²) in [6.45, 7) is 9.90. The van der Waals surface area contributed by atoms with Crippen molar-refractivity contribution in [3.63, 3.8) is 0 Å². The van der Waals surface area contributed by atoms with Crippen molar-refractivity contribution < 1.29 is 9.47 Å². The van der Waals surface area contributed by atoms with Gasteiger partial charge >= 0.3 is 0 Å². The van der Waals surface area contributed by atoms with E-state index in [1.54, 1.807) is 7.11 Å². The third-order valence-corrected chi connectivity index (χ3v) is 4.02. The van der Waals surface area contributed by atoms with E-state index in [-0.39, 0.29) is 5.60 Å². The van der Waals surface area contributed by atoms with E-state index < -0.39 is 0 Å². The normalized spacial score (nSPS) is 11.9. The Balaban J connectivity index is 2.56. The highest BCUT2D eigenvalue weighted by atomic mass is 79.9. The lowest BCUT2D eigenvalue weighted by Gasteiger charge is -2.22. The minimum Gasteiger partial charge on any atom is -0.493 e. The molecule has 0 saturated carbocycles. The third kappa shape index (κ3) is 6.25. The van der Waals surface area contributed by atoms with Crippen LogP contribution in [0.5, 0.6) is 5.75 Å². The summed E-state index contributed by atoms with van der Waals surface area (Å²) in [7, 11) is 1.73. The Labute approximate surface area is 131 Å². The van der Waals surface area contributed by atoms with Crippen molar-refractivity contribution in [2.75, 3.05) is 13.7 Å². The van der Waals surface area contributed by atoms with Crippen LogP contribution in [0.2, 0.25) is 0 Å². The second kappa shape index (κ2) is 8.01. The number of hydrogen-bond acceptors (Lipinski definition) is 3. The van der Waals surface area contributed by atoms with Crippen molar-refractivity contribution in [3.8, 4) is 5.75 Å². The monoisotopic (exact) mass is 343 g/mol. The molecule has 114 valence electrons. The van der Waals surface area contributed by atoms with Crippen LogP contribution < -0.4 is 10.1 Å². The van der Waals surface area contributed by atoms with E-state index in [9.17, 15) is 0 Å². The van der Waals surface area contributed by atoms with Gasteiger partial charge in [-0.1, -0.05) is 29.8 Å². The second-order valence-electron chi connectivity index (χ2n) is 5.85. The molecule has 4 heteroatoms. The lowest BCUT2D eigenvalue weighted by Crippen LogP contribution is -2.25. The molecule has 3 nitrogen and oxygen atoms in total. The summed E-state index contributed by atoms with van der Waals surface area (Å²) in [4.78, 5) is 0. The molecule has 0 saturated heterocycles. The molecule has 1 rings (SSSR count). The number of rotatable bonds is 8. The standard InChI is InChI=1S/C16H26BrNO2/c1-12(2)18-11-13-10-14(6-7-15(13)17)20-9-8-16(3,4)19-5/h6-7,10,12,18H,8-9,11H2,1-5H3. The summed E-state index contributed by atoms with van der Waals surface area (Å²) in [6, 6.07) is 6.57. The van der Waals surface area contributed by atoms with Crippen LogP contribution in [0.3, 0.4) is 0 Å². The van der Waals surface area contributed by atoms with Gasteiger partial charge in [0.2, 0.25) is 0 Å². The number of nitrogens with one attached hydrogen (secondary N) is 1. The molecular weight excluding hydrogens is 318 g/mol. The van der Waals surface area contributed by atoms with Crippen LogP contribution in [0.15, 0.2) is 22.7 Å². The van der Waals surface area contributed by atoms with Crippen LogP contribution >= 0.6 is 15.9 Å². The molecule has 0 heterocycles. The van der Waals surface area contributed by atoms with Gasteiger partial charge in [0.15, 0.2) is 0 Å². The molecule has 1 N–H and O–H groups in total. The summed E-state index contributed by atoms with van der Waals surface area (Å²) in [5.74, 6) is 0.903. The van der Waals surface area contributed by atoms with E-state index in [1.165, 1.54) is 5.56 Å². The molecule has 0 atom stereocenters. The Hall–Kier alpha value is -0.580. The molecular formula is C16H26BrNO2. The predicted octanol–water partition coefficient (Wildman–Crippen LogP) is 4.14. The number of hydrogen-bond donors (Lipinski definition) is 1. The van der Waals surface area contributed by atoms with Gasteiger partial charge in [-0.3, -0.25) is 0 Å². The Kier molecular flexibility index (Phi) is 7.00. The van der Waals surface area contributed by atoms with Crippen molar-refractivity contribution >= 4 is 15.9 Å². The van der Waals surface area contributed by atoms with Crippen LogP contribution in [0.25, 0.3) is 0 Å². The molecule has 0 amide bonds. The molecule has 1 aromatic rings. The Bertz CT molecular complexity index is 419. The van der Waals surface area contributed by atoms with Gasteiger partial charge in [0, 0.05) is 30.6 Å². The van der Waals surface area contributed by atoms with E-state index in [1.807, 2.05) is 12.1 Å². The van der Waals surface area contributed by atoms with Crippen molar-refractivity contribution in [1.82, 2.24) is 5.32 Å². The minimum absolute atomic E-state index is 0.141. The van der Waals surface area contributed by atoms with Gasteiger partial charge in [0.1, 0.15) is 5.75 Å². The van der Waals surface area contributed by atoms with Crippen molar-refractivity contribution in [3.05, 3.63) is 28.2 Å². The molecule has 0 aliphatic carbocycles. The number of methoxy groups -OCH3 is 1. The number of halogens is 1. The van der Waals surface area contributed by atoms with Crippen molar-refractivity contribution in [2.45, 2.75) is 52.3 Å². The smallest absolute Gasteiger partial charge is 0.119 e. The van der Waals surface area contributed by atoms with Gasteiger partial charge in [0.05, 0.1) is 12.2 Å². The minimum atomic E-state index is -0.141. The van der Waals surface area contributed by atoms with Gasteiger partial charge < -0.3 is 14.8 Å². The van der Waals surface area contributed by atoms with Crippen molar-refractivity contribution in [1.29, 1.82) is 0 Å².